The molecule has 0 saturated carbocycles. The molecule has 7 heteroatoms. The number of nitrogens with zero attached hydrogens (tertiary/aromatic N) is 3. The van der Waals surface area contributed by atoms with Crippen molar-refractivity contribution in [2.24, 2.45) is 0 Å². The Kier molecular flexibility index (Phi) is 5.66. The highest BCUT2D eigenvalue weighted by molar-refractivity contribution is 5.91. The maximum absolute atomic E-state index is 12.6. The first-order chi connectivity index (χ1) is 12.3. The molecule has 1 fully saturated rings. The molecular weight excluding hydrogens is 320 g/mol. The van der Waals surface area contributed by atoms with Crippen molar-refractivity contribution in [3.8, 4) is 11.6 Å². The first kappa shape index (κ1) is 17.0. The van der Waals surface area contributed by atoms with E-state index in [0.29, 0.717) is 37.0 Å². The van der Waals surface area contributed by atoms with Crippen LogP contribution in [0.1, 0.15) is 19.8 Å². The number of ether oxygens (including phenoxy) is 2. The lowest BCUT2D eigenvalue weighted by molar-refractivity contribution is 0.102. The lowest BCUT2D eigenvalue weighted by atomic mass is 10.1. The zero-order valence-corrected chi connectivity index (χ0v) is 14.2. The molecule has 132 valence electrons. The summed E-state index contributed by atoms with van der Waals surface area (Å²) < 4.78 is 11.4. The largest absolute Gasteiger partial charge is 0.492 e. The number of carbonyl (C=O) groups excluding carboxylic acids is 1. The van der Waals surface area contributed by atoms with Crippen LogP contribution in [0.4, 0.5) is 10.5 Å². The van der Waals surface area contributed by atoms with Crippen LogP contribution in [0.5, 0.6) is 11.6 Å². The topological polar surface area (TPSA) is 76.6 Å². The first-order valence-corrected chi connectivity index (χ1v) is 8.46. The van der Waals surface area contributed by atoms with Gasteiger partial charge in [0.05, 0.1) is 18.8 Å². The molecular formula is C18H22N4O3. The number of carbonyl (C=O) groups is 1. The second-order valence-corrected chi connectivity index (χ2v) is 5.74. The minimum atomic E-state index is -0.150. The summed E-state index contributed by atoms with van der Waals surface area (Å²) in [7, 11) is 0. The maximum atomic E-state index is 12.6. The Hall–Kier alpha value is -2.83. The van der Waals surface area contributed by atoms with Crippen molar-refractivity contribution in [3.05, 3.63) is 42.9 Å². The predicted molar refractivity (Wildman–Crippen MR) is 93.9 cm³/mol. The molecule has 2 amide bonds. The third-order valence-electron chi connectivity index (χ3n) is 3.94. The van der Waals surface area contributed by atoms with Gasteiger partial charge in [-0.15, -0.1) is 0 Å². The summed E-state index contributed by atoms with van der Waals surface area (Å²) in [4.78, 5) is 22.3. The molecule has 0 radical (unpaired) electrons. The smallest absolute Gasteiger partial charge is 0.322 e. The Labute approximate surface area is 147 Å². The fourth-order valence-corrected chi connectivity index (χ4v) is 2.78. The number of hydrogen-bond acceptors (Lipinski definition) is 5. The zero-order chi connectivity index (χ0) is 17.5. The van der Waals surface area contributed by atoms with Crippen molar-refractivity contribution in [2.45, 2.75) is 25.9 Å². The van der Waals surface area contributed by atoms with Gasteiger partial charge in [-0.1, -0.05) is 12.1 Å². The van der Waals surface area contributed by atoms with Crippen LogP contribution in [0.3, 0.4) is 0 Å². The molecule has 2 heterocycles. The van der Waals surface area contributed by atoms with E-state index in [1.165, 1.54) is 6.33 Å². The van der Waals surface area contributed by atoms with Gasteiger partial charge in [0.25, 0.3) is 0 Å². The van der Waals surface area contributed by atoms with Gasteiger partial charge in [-0.2, -0.15) is 0 Å². The van der Waals surface area contributed by atoms with Gasteiger partial charge in [-0.25, -0.2) is 14.8 Å². The highest BCUT2D eigenvalue weighted by Gasteiger charge is 2.25. The summed E-state index contributed by atoms with van der Waals surface area (Å²) in [5.74, 6) is 1.20. The SMILES string of the molecule is CCOc1ccccc1NC(=O)N1CCC[C@@H](Oc2ccncn2)C1. The molecule has 1 N–H and O–H groups in total. The van der Waals surface area contributed by atoms with E-state index >= 15 is 0 Å². The zero-order valence-electron chi connectivity index (χ0n) is 14.2. The molecule has 1 saturated heterocycles. The Balaban J connectivity index is 1.60. The number of amides is 2. The van der Waals surface area contributed by atoms with Gasteiger partial charge in [-0.05, 0) is 31.9 Å². The van der Waals surface area contributed by atoms with Gasteiger partial charge in [0.1, 0.15) is 18.2 Å². The standard InChI is InChI=1S/C18H22N4O3/c1-2-24-16-8-4-3-7-15(16)21-18(23)22-11-5-6-14(12-22)25-17-9-10-19-13-20-17/h3-4,7-10,13-14H,2,5-6,11-12H2,1H3,(H,21,23)/t14-/m1/s1. The Bertz CT molecular complexity index is 696. The van der Waals surface area contributed by atoms with Crippen LogP contribution in [0.15, 0.2) is 42.9 Å². The summed E-state index contributed by atoms with van der Waals surface area (Å²) in [5, 5.41) is 2.93. The van der Waals surface area contributed by atoms with Crippen molar-refractivity contribution in [2.75, 3.05) is 25.0 Å². The number of nitrogens with one attached hydrogen (secondary N) is 1. The van der Waals surface area contributed by atoms with E-state index in [0.717, 1.165) is 12.8 Å². The maximum Gasteiger partial charge on any atom is 0.322 e. The summed E-state index contributed by atoms with van der Waals surface area (Å²) in [6.45, 7) is 3.68. The molecule has 1 atom stereocenters. The van der Waals surface area contributed by atoms with E-state index in [1.54, 1.807) is 17.2 Å². The van der Waals surface area contributed by atoms with Gasteiger partial charge in [0, 0.05) is 18.8 Å². The molecule has 1 aromatic heterocycles. The molecule has 0 unspecified atom stereocenters. The van der Waals surface area contributed by atoms with Crippen LogP contribution in [0, 0.1) is 0 Å². The molecule has 0 spiro atoms. The fraction of sp³-hybridized carbons (Fsp3) is 0.389. The van der Waals surface area contributed by atoms with Crippen LogP contribution in [0.25, 0.3) is 0 Å². The molecule has 1 aromatic carbocycles. The van der Waals surface area contributed by atoms with Crippen LogP contribution in [0.2, 0.25) is 0 Å². The lowest BCUT2D eigenvalue weighted by Gasteiger charge is -2.32. The molecule has 1 aliphatic rings. The predicted octanol–water partition coefficient (Wildman–Crippen LogP) is 2.95. The number of likely N-dealkylation sites (tertiary alicyclic amines) is 1. The van der Waals surface area contributed by atoms with Gasteiger partial charge >= 0.3 is 6.03 Å². The quantitative estimate of drug-likeness (QED) is 0.904. The van der Waals surface area contributed by atoms with E-state index < -0.39 is 0 Å². The average Bonchev–Trinajstić information content (AvgIpc) is 2.64. The number of benzene rings is 1. The number of anilines is 1. The normalized spacial score (nSPS) is 17.0. The van der Waals surface area contributed by atoms with E-state index in [4.69, 9.17) is 9.47 Å². The van der Waals surface area contributed by atoms with Crippen molar-refractivity contribution in [1.82, 2.24) is 14.9 Å². The molecule has 25 heavy (non-hydrogen) atoms. The second-order valence-electron chi connectivity index (χ2n) is 5.74. The minimum Gasteiger partial charge on any atom is -0.492 e. The number of para-hydroxylation sites is 2. The Morgan fingerprint density at radius 3 is 3.04 bits per heavy atom. The second kappa shape index (κ2) is 8.32. The van der Waals surface area contributed by atoms with E-state index in [-0.39, 0.29) is 12.1 Å². The Morgan fingerprint density at radius 2 is 2.24 bits per heavy atom. The van der Waals surface area contributed by atoms with Gasteiger partial charge < -0.3 is 19.7 Å². The van der Waals surface area contributed by atoms with Crippen molar-refractivity contribution < 1.29 is 14.3 Å². The number of hydrogen-bond donors (Lipinski definition) is 1. The van der Waals surface area contributed by atoms with Gasteiger partial charge in [0.2, 0.25) is 5.88 Å². The van der Waals surface area contributed by atoms with Crippen LogP contribution < -0.4 is 14.8 Å². The molecule has 1 aliphatic heterocycles. The monoisotopic (exact) mass is 342 g/mol. The van der Waals surface area contributed by atoms with Crippen LogP contribution in [-0.2, 0) is 0 Å². The average molecular weight is 342 g/mol. The lowest BCUT2D eigenvalue weighted by Crippen LogP contribution is -2.46. The van der Waals surface area contributed by atoms with Crippen LogP contribution >= 0.6 is 0 Å². The molecule has 7 nitrogen and oxygen atoms in total. The summed E-state index contributed by atoms with van der Waals surface area (Å²) in [6, 6.07) is 9.00. The number of piperidine rings is 1. The minimum absolute atomic E-state index is 0.0727. The van der Waals surface area contributed by atoms with E-state index in [9.17, 15) is 4.79 Å². The first-order valence-electron chi connectivity index (χ1n) is 8.46. The highest BCUT2D eigenvalue weighted by Crippen LogP contribution is 2.25. The fourth-order valence-electron chi connectivity index (χ4n) is 2.78. The molecule has 3 rings (SSSR count). The molecule has 0 aliphatic carbocycles. The Morgan fingerprint density at radius 1 is 1.36 bits per heavy atom. The van der Waals surface area contributed by atoms with Crippen molar-refractivity contribution in [1.29, 1.82) is 0 Å². The van der Waals surface area contributed by atoms with E-state index in [2.05, 4.69) is 15.3 Å². The van der Waals surface area contributed by atoms with Crippen LogP contribution in [-0.4, -0.2) is 46.7 Å². The van der Waals surface area contributed by atoms with Gasteiger partial charge in [-0.3, -0.25) is 0 Å². The summed E-state index contributed by atoms with van der Waals surface area (Å²) in [6.07, 6.45) is 4.80. The third-order valence-corrected chi connectivity index (χ3v) is 3.94. The van der Waals surface area contributed by atoms with Crippen molar-refractivity contribution in [3.63, 3.8) is 0 Å². The highest BCUT2D eigenvalue weighted by atomic mass is 16.5. The number of urea groups is 1. The number of rotatable bonds is 5. The molecule has 2 aromatic rings. The number of aromatic nitrogens is 2. The molecule has 0 bridgehead atoms. The third kappa shape index (κ3) is 4.59. The summed E-state index contributed by atoms with van der Waals surface area (Å²) in [5.41, 5.74) is 0.674. The van der Waals surface area contributed by atoms with E-state index in [1.807, 2.05) is 31.2 Å². The summed E-state index contributed by atoms with van der Waals surface area (Å²) >= 11 is 0. The van der Waals surface area contributed by atoms with Gasteiger partial charge in [0.15, 0.2) is 0 Å². The van der Waals surface area contributed by atoms with Crippen molar-refractivity contribution >= 4 is 11.7 Å².